The van der Waals surface area contributed by atoms with Crippen molar-refractivity contribution in [2.45, 2.75) is 75.9 Å². The summed E-state index contributed by atoms with van der Waals surface area (Å²) in [6.07, 6.45) is -2.55. The number of H-pyrrole nitrogens is 1. The normalized spacial score (nSPS) is 28.2. The summed E-state index contributed by atoms with van der Waals surface area (Å²) in [6, 6.07) is 2.38. The Morgan fingerprint density at radius 1 is 1.14 bits per heavy atom. The van der Waals surface area contributed by atoms with Gasteiger partial charge in [0.1, 0.15) is 5.69 Å². The molecule has 2 aromatic heterocycles. The van der Waals surface area contributed by atoms with Crippen LogP contribution in [0.1, 0.15) is 54.7 Å². The molecule has 3 saturated heterocycles. The number of nitrogens with one attached hydrogen (secondary N) is 2. The number of fused-ring (bicyclic) bond motifs is 2. The van der Waals surface area contributed by atoms with E-state index in [0.29, 0.717) is 24.2 Å². The fourth-order valence-electron chi connectivity index (χ4n) is 5.61. The standard InChI is InChI=1S/C24H27F4N5O3/c1-12-6-17(18(25)10-29-12)19-9-20(32-31-19)23(35)33-15-3-4-16(33)8-13(7-15)22(34)30-14-2-5-21(36-11-14)24(26,27)28/h6,9-10,13-16,21H,2-5,7-8,11H2,1H3,(H,30,34)(H,31,32)/t13?,14-,15-,16+,21+/m0/s1. The van der Waals surface area contributed by atoms with E-state index < -0.39 is 24.1 Å². The molecule has 5 heterocycles. The highest BCUT2D eigenvalue weighted by atomic mass is 19.4. The molecular weight excluding hydrogens is 482 g/mol. The molecule has 0 aliphatic carbocycles. The molecule has 2 bridgehead atoms. The zero-order chi connectivity index (χ0) is 25.6. The van der Waals surface area contributed by atoms with Gasteiger partial charge in [-0.1, -0.05) is 0 Å². The van der Waals surface area contributed by atoms with Crippen molar-refractivity contribution in [3.05, 3.63) is 35.5 Å². The first kappa shape index (κ1) is 24.7. The lowest BCUT2D eigenvalue weighted by Crippen LogP contribution is -2.52. The monoisotopic (exact) mass is 509 g/mol. The molecule has 0 spiro atoms. The third-order valence-electron chi connectivity index (χ3n) is 7.40. The van der Waals surface area contributed by atoms with E-state index in [2.05, 4.69) is 20.5 Å². The summed E-state index contributed by atoms with van der Waals surface area (Å²) in [6.45, 7) is 1.57. The summed E-state index contributed by atoms with van der Waals surface area (Å²) in [5, 5.41) is 9.68. The molecule has 2 aromatic rings. The van der Waals surface area contributed by atoms with Crippen LogP contribution in [0.5, 0.6) is 0 Å². The lowest BCUT2D eigenvalue weighted by Gasteiger charge is -2.39. The predicted molar refractivity (Wildman–Crippen MR) is 119 cm³/mol. The van der Waals surface area contributed by atoms with Crippen LogP contribution in [0.4, 0.5) is 17.6 Å². The van der Waals surface area contributed by atoms with Crippen LogP contribution >= 0.6 is 0 Å². The van der Waals surface area contributed by atoms with Crippen LogP contribution in [0.3, 0.4) is 0 Å². The zero-order valence-corrected chi connectivity index (χ0v) is 19.6. The van der Waals surface area contributed by atoms with Crippen molar-refractivity contribution in [3.63, 3.8) is 0 Å². The molecule has 36 heavy (non-hydrogen) atoms. The SMILES string of the molecule is Cc1cc(-c2cc(C(=O)N3[C@@H]4CC[C@H]3CC(C(=O)N[C@H]3CC[C@H](C(F)(F)F)OC3)C4)[nH]n2)c(F)cn1. The molecule has 3 aliphatic rings. The number of amides is 2. The fourth-order valence-corrected chi connectivity index (χ4v) is 5.61. The number of alkyl halides is 3. The number of piperidine rings is 1. The number of halogens is 4. The van der Waals surface area contributed by atoms with E-state index in [-0.39, 0.29) is 60.5 Å². The Balaban J connectivity index is 1.20. The van der Waals surface area contributed by atoms with Crippen LogP contribution < -0.4 is 5.32 Å². The summed E-state index contributed by atoms with van der Waals surface area (Å²) in [5.41, 5.74) is 1.44. The van der Waals surface area contributed by atoms with E-state index in [1.165, 1.54) is 6.07 Å². The van der Waals surface area contributed by atoms with Crippen molar-refractivity contribution in [1.82, 2.24) is 25.4 Å². The number of hydrogen-bond acceptors (Lipinski definition) is 5. The summed E-state index contributed by atoms with van der Waals surface area (Å²) in [7, 11) is 0. The van der Waals surface area contributed by atoms with E-state index in [0.717, 1.165) is 19.0 Å². The van der Waals surface area contributed by atoms with Crippen LogP contribution in [0.15, 0.2) is 18.3 Å². The number of ether oxygens (including phenoxy) is 1. The minimum Gasteiger partial charge on any atom is -0.367 e. The minimum absolute atomic E-state index is 0.129. The predicted octanol–water partition coefficient (Wildman–Crippen LogP) is 3.53. The molecule has 5 atom stereocenters. The Morgan fingerprint density at radius 2 is 1.86 bits per heavy atom. The van der Waals surface area contributed by atoms with Crippen LogP contribution in [0.2, 0.25) is 0 Å². The van der Waals surface area contributed by atoms with Gasteiger partial charge in [-0.3, -0.25) is 19.7 Å². The van der Waals surface area contributed by atoms with Gasteiger partial charge in [-0.2, -0.15) is 18.3 Å². The van der Waals surface area contributed by atoms with Crippen molar-refractivity contribution >= 4 is 11.8 Å². The zero-order valence-electron chi connectivity index (χ0n) is 19.6. The van der Waals surface area contributed by atoms with Gasteiger partial charge in [0.15, 0.2) is 11.9 Å². The molecule has 194 valence electrons. The molecule has 0 aromatic carbocycles. The number of pyridine rings is 1. The molecular formula is C24H27F4N5O3. The first-order chi connectivity index (χ1) is 17.1. The summed E-state index contributed by atoms with van der Waals surface area (Å²) < 4.78 is 57.5. The Kier molecular flexibility index (Phi) is 6.48. The number of rotatable bonds is 4. The maximum atomic E-state index is 14.2. The van der Waals surface area contributed by atoms with Crippen molar-refractivity contribution in [2.24, 2.45) is 5.92 Å². The molecule has 12 heteroatoms. The van der Waals surface area contributed by atoms with Gasteiger partial charge < -0.3 is 15.0 Å². The van der Waals surface area contributed by atoms with Gasteiger partial charge in [-0.05, 0) is 57.6 Å². The minimum atomic E-state index is -4.39. The van der Waals surface area contributed by atoms with Crippen molar-refractivity contribution in [1.29, 1.82) is 0 Å². The van der Waals surface area contributed by atoms with E-state index in [4.69, 9.17) is 4.74 Å². The first-order valence-electron chi connectivity index (χ1n) is 12.1. The number of nitrogens with zero attached hydrogens (tertiary/aromatic N) is 3. The second kappa shape index (κ2) is 9.45. The Hall–Kier alpha value is -3.02. The molecule has 0 saturated carbocycles. The second-order valence-electron chi connectivity index (χ2n) is 9.88. The fraction of sp³-hybridized carbons (Fsp3) is 0.583. The largest absolute Gasteiger partial charge is 0.414 e. The molecule has 0 radical (unpaired) electrons. The smallest absolute Gasteiger partial charge is 0.367 e. The summed E-state index contributed by atoms with van der Waals surface area (Å²) >= 11 is 0. The highest BCUT2D eigenvalue weighted by molar-refractivity contribution is 5.94. The van der Waals surface area contributed by atoms with Gasteiger partial charge in [-0.25, -0.2) is 4.39 Å². The number of carbonyl (C=O) groups excluding carboxylic acids is 2. The van der Waals surface area contributed by atoms with E-state index >= 15 is 0 Å². The highest BCUT2D eigenvalue weighted by Crippen LogP contribution is 2.40. The van der Waals surface area contributed by atoms with E-state index in [1.807, 2.05) is 0 Å². The molecule has 3 aliphatic heterocycles. The van der Waals surface area contributed by atoms with Gasteiger partial charge in [0.2, 0.25) is 5.91 Å². The summed E-state index contributed by atoms with van der Waals surface area (Å²) in [4.78, 5) is 31.9. The van der Waals surface area contributed by atoms with E-state index in [1.54, 1.807) is 17.9 Å². The van der Waals surface area contributed by atoms with Crippen molar-refractivity contribution in [3.8, 4) is 11.3 Å². The maximum Gasteiger partial charge on any atom is 0.414 e. The first-order valence-corrected chi connectivity index (χ1v) is 12.1. The third kappa shape index (κ3) is 4.82. The second-order valence-corrected chi connectivity index (χ2v) is 9.88. The average molecular weight is 510 g/mol. The third-order valence-corrected chi connectivity index (χ3v) is 7.40. The van der Waals surface area contributed by atoms with Crippen LogP contribution in [-0.2, 0) is 9.53 Å². The van der Waals surface area contributed by atoms with Gasteiger partial charge in [0.25, 0.3) is 5.91 Å². The Labute approximate surface area is 204 Å². The molecule has 3 fully saturated rings. The summed E-state index contributed by atoms with van der Waals surface area (Å²) in [5.74, 6) is -1.30. The quantitative estimate of drug-likeness (QED) is 0.615. The number of aromatic nitrogens is 3. The molecule has 2 amide bonds. The molecule has 8 nitrogen and oxygen atoms in total. The number of hydrogen-bond donors (Lipinski definition) is 2. The topological polar surface area (TPSA) is 100 Å². The Morgan fingerprint density at radius 3 is 2.50 bits per heavy atom. The van der Waals surface area contributed by atoms with Crippen molar-refractivity contribution in [2.75, 3.05) is 6.61 Å². The molecule has 5 rings (SSSR count). The molecule has 2 N–H and O–H groups in total. The lowest BCUT2D eigenvalue weighted by atomic mass is 9.89. The lowest BCUT2D eigenvalue weighted by molar-refractivity contribution is -0.232. The number of aryl methyl sites for hydroxylation is 1. The van der Waals surface area contributed by atoms with Crippen LogP contribution in [-0.4, -0.2) is 68.9 Å². The van der Waals surface area contributed by atoms with Gasteiger partial charge in [-0.15, -0.1) is 0 Å². The average Bonchev–Trinajstić information content (AvgIpc) is 3.42. The number of carbonyl (C=O) groups is 2. The highest BCUT2D eigenvalue weighted by Gasteiger charge is 2.47. The van der Waals surface area contributed by atoms with Gasteiger partial charge >= 0.3 is 6.18 Å². The van der Waals surface area contributed by atoms with Crippen LogP contribution in [0, 0.1) is 18.7 Å². The van der Waals surface area contributed by atoms with Crippen molar-refractivity contribution < 1.29 is 31.9 Å². The maximum absolute atomic E-state index is 14.2. The molecule has 1 unspecified atom stereocenters. The van der Waals surface area contributed by atoms with Gasteiger partial charge in [0.05, 0.1) is 24.5 Å². The van der Waals surface area contributed by atoms with Crippen LogP contribution in [0.25, 0.3) is 11.3 Å². The Bertz CT molecular complexity index is 1130. The van der Waals surface area contributed by atoms with E-state index in [9.17, 15) is 27.2 Å². The number of aromatic amines is 1. The van der Waals surface area contributed by atoms with Gasteiger partial charge in [0, 0.05) is 29.3 Å².